The highest BCUT2D eigenvalue weighted by Crippen LogP contribution is 2.35. The Morgan fingerprint density at radius 1 is 1.03 bits per heavy atom. The van der Waals surface area contributed by atoms with Crippen LogP contribution in [0.4, 0.5) is 15.9 Å². The standard InChI is InChI=1S/C22H17ClFN3O3/c1-29-21-10-18-16(9-19(21)28)22(26-12-25-18)27-15-6-7-20(17(23)8-15)30-11-13-2-4-14(24)5-3-13/h2-10,12,28H,11H2,1H3,(H,25,26,27). The quantitative estimate of drug-likeness (QED) is 0.427. The highest BCUT2D eigenvalue weighted by molar-refractivity contribution is 6.32. The lowest BCUT2D eigenvalue weighted by Crippen LogP contribution is -1.98. The van der Waals surface area contributed by atoms with Gasteiger partial charge in [-0.15, -0.1) is 0 Å². The van der Waals surface area contributed by atoms with Gasteiger partial charge in [0.1, 0.15) is 30.3 Å². The average molecular weight is 426 g/mol. The number of ether oxygens (including phenoxy) is 2. The summed E-state index contributed by atoms with van der Waals surface area (Å²) >= 11 is 6.36. The number of methoxy groups -OCH3 is 1. The molecule has 0 unspecified atom stereocenters. The van der Waals surface area contributed by atoms with E-state index in [0.29, 0.717) is 38.9 Å². The third-order valence-electron chi connectivity index (χ3n) is 4.44. The second kappa shape index (κ2) is 8.42. The Hall–Kier alpha value is -3.58. The predicted octanol–water partition coefficient (Wildman–Crippen LogP) is 5.46. The van der Waals surface area contributed by atoms with Crippen LogP contribution in [0.1, 0.15) is 5.56 Å². The van der Waals surface area contributed by atoms with E-state index < -0.39 is 0 Å². The van der Waals surface area contributed by atoms with Crippen molar-refractivity contribution in [3.8, 4) is 17.2 Å². The van der Waals surface area contributed by atoms with Crippen LogP contribution in [0.3, 0.4) is 0 Å². The maximum atomic E-state index is 13.0. The molecule has 0 spiro atoms. The number of halogens is 2. The second-order valence-electron chi connectivity index (χ2n) is 6.45. The normalized spacial score (nSPS) is 10.8. The Kier molecular flexibility index (Phi) is 5.54. The van der Waals surface area contributed by atoms with Crippen molar-refractivity contribution >= 4 is 34.0 Å². The van der Waals surface area contributed by atoms with Gasteiger partial charge < -0.3 is 19.9 Å². The van der Waals surface area contributed by atoms with Crippen molar-refractivity contribution in [3.05, 3.63) is 77.3 Å². The lowest BCUT2D eigenvalue weighted by atomic mass is 10.2. The van der Waals surface area contributed by atoms with Gasteiger partial charge in [-0.3, -0.25) is 0 Å². The Morgan fingerprint density at radius 3 is 2.57 bits per heavy atom. The molecule has 3 aromatic carbocycles. The van der Waals surface area contributed by atoms with Gasteiger partial charge in [0.05, 0.1) is 17.6 Å². The minimum absolute atomic E-state index is 0.00887. The van der Waals surface area contributed by atoms with Crippen molar-refractivity contribution in [1.82, 2.24) is 9.97 Å². The minimum Gasteiger partial charge on any atom is -0.504 e. The summed E-state index contributed by atoms with van der Waals surface area (Å²) in [6, 6.07) is 14.5. The molecule has 30 heavy (non-hydrogen) atoms. The number of hydrogen-bond acceptors (Lipinski definition) is 6. The molecule has 0 saturated carbocycles. The van der Waals surface area contributed by atoms with E-state index in [1.807, 2.05) is 0 Å². The summed E-state index contributed by atoms with van der Waals surface area (Å²) in [5.41, 5.74) is 2.13. The fourth-order valence-corrected chi connectivity index (χ4v) is 3.14. The third-order valence-corrected chi connectivity index (χ3v) is 4.73. The number of benzene rings is 3. The molecule has 0 fully saturated rings. The van der Waals surface area contributed by atoms with Gasteiger partial charge in [-0.2, -0.15) is 0 Å². The first kappa shape index (κ1) is 19.7. The van der Waals surface area contributed by atoms with Crippen LogP contribution in [0.25, 0.3) is 10.9 Å². The molecule has 0 atom stereocenters. The number of nitrogens with one attached hydrogen (secondary N) is 1. The Balaban J connectivity index is 1.53. The summed E-state index contributed by atoms with van der Waals surface area (Å²) in [5.74, 6) is 1.04. The lowest BCUT2D eigenvalue weighted by Gasteiger charge is -2.12. The maximum Gasteiger partial charge on any atom is 0.162 e. The molecule has 0 aliphatic heterocycles. The molecular formula is C22H17ClFN3O3. The van der Waals surface area contributed by atoms with Crippen LogP contribution in [-0.4, -0.2) is 22.2 Å². The van der Waals surface area contributed by atoms with Crippen LogP contribution >= 0.6 is 11.6 Å². The van der Waals surface area contributed by atoms with Crippen molar-refractivity contribution < 1.29 is 19.0 Å². The molecule has 8 heteroatoms. The monoisotopic (exact) mass is 425 g/mol. The van der Waals surface area contributed by atoms with Gasteiger partial charge in [0, 0.05) is 17.1 Å². The number of hydrogen-bond donors (Lipinski definition) is 2. The van der Waals surface area contributed by atoms with Crippen molar-refractivity contribution in [2.24, 2.45) is 0 Å². The first-order chi connectivity index (χ1) is 14.5. The molecule has 1 heterocycles. The number of nitrogens with zero attached hydrogens (tertiary/aromatic N) is 2. The average Bonchev–Trinajstić information content (AvgIpc) is 2.74. The molecular weight excluding hydrogens is 409 g/mol. The van der Waals surface area contributed by atoms with E-state index in [1.165, 1.54) is 31.6 Å². The van der Waals surface area contributed by atoms with Gasteiger partial charge in [-0.25, -0.2) is 14.4 Å². The van der Waals surface area contributed by atoms with E-state index in [9.17, 15) is 9.50 Å². The Labute approximate surface area is 176 Å². The fraction of sp³-hybridized carbons (Fsp3) is 0.0909. The fourth-order valence-electron chi connectivity index (χ4n) is 2.91. The molecule has 2 N–H and O–H groups in total. The molecule has 4 rings (SSSR count). The van der Waals surface area contributed by atoms with E-state index in [2.05, 4.69) is 15.3 Å². The Morgan fingerprint density at radius 2 is 1.83 bits per heavy atom. The number of fused-ring (bicyclic) bond motifs is 1. The molecule has 0 amide bonds. The zero-order valence-electron chi connectivity index (χ0n) is 15.9. The number of phenols is 1. The van der Waals surface area contributed by atoms with E-state index in [-0.39, 0.29) is 18.2 Å². The van der Waals surface area contributed by atoms with Crippen LogP contribution < -0.4 is 14.8 Å². The molecule has 0 aliphatic rings. The summed E-state index contributed by atoms with van der Waals surface area (Å²) in [5, 5.41) is 14.3. The topological polar surface area (TPSA) is 76.5 Å². The first-order valence-electron chi connectivity index (χ1n) is 8.99. The van der Waals surface area contributed by atoms with Crippen LogP contribution in [0.15, 0.2) is 60.9 Å². The number of rotatable bonds is 6. The van der Waals surface area contributed by atoms with Gasteiger partial charge in [0.25, 0.3) is 0 Å². The largest absolute Gasteiger partial charge is 0.504 e. The molecule has 6 nitrogen and oxygen atoms in total. The number of aromatic hydroxyl groups is 1. The smallest absolute Gasteiger partial charge is 0.162 e. The third kappa shape index (κ3) is 4.21. The molecule has 0 saturated heterocycles. The molecule has 0 aliphatic carbocycles. The summed E-state index contributed by atoms with van der Waals surface area (Å²) in [4.78, 5) is 8.47. The van der Waals surface area contributed by atoms with Crippen LogP contribution in [-0.2, 0) is 6.61 Å². The van der Waals surface area contributed by atoms with Crippen molar-refractivity contribution in [2.45, 2.75) is 6.61 Å². The molecule has 4 aromatic rings. The van der Waals surface area contributed by atoms with Gasteiger partial charge in [0.2, 0.25) is 0 Å². The minimum atomic E-state index is -0.295. The number of phenolic OH excluding ortho intramolecular Hbond substituents is 1. The van der Waals surface area contributed by atoms with Gasteiger partial charge in [0.15, 0.2) is 11.5 Å². The summed E-state index contributed by atoms with van der Waals surface area (Å²) in [6.45, 7) is 0.268. The SMILES string of the molecule is COc1cc2ncnc(Nc3ccc(OCc4ccc(F)cc4)c(Cl)c3)c2cc1O. The number of aromatic nitrogens is 2. The summed E-state index contributed by atoms with van der Waals surface area (Å²) < 4.78 is 23.8. The highest BCUT2D eigenvalue weighted by atomic mass is 35.5. The van der Waals surface area contributed by atoms with Crippen molar-refractivity contribution in [3.63, 3.8) is 0 Å². The molecule has 0 bridgehead atoms. The second-order valence-corrected chi connectivity index (χ2v) is 6.86. The zero-order chi connectivity index (χ0) is 21.1. The van der Waals surface area contributed by atoms with Crippen LogP contribution in [0, 0.1) is 5.82 Å². The zero-order valence-corrected chi connectivity index (χ0v) is 16.7. The van der Waals surface area contributed by atoms with Crippen molar-refractivity contribution in [1.29, 1.82) is 0 Å². The summed E-state index contributed by atoms with van der Waals surface area (Å²) in [7, 11) is 1.48. The maximum absolute atomic E-state index is 13.0. The van der Waals surface area contributed by atoms with Gasteiger partial charge >= 0.3 is 0 Å². The van der Waals surface area contributed by atoms with E-state index in [1.54, 1.807) is 36.4 Å². The summed E-state index contributed by atoms with van der Waals surface area (Å²) in [6.07, 6.45) is 1.42. The molecule has 0 radical (unpaired) electrons. The van der Waals surface area contributed by atoms with E-state index in [0.717, 1.165) is 5.56 Å². The Bertz CT molecular complexity index is 1200. The first-order valence-corrected chi connectivity index (χ1v) is 9.37. The van der Waals surface area contributed by atoms with Gasteiger partial charge in [-0.05, 0) is 42.0 Å². The highest BCUT2D eigenvalue weighted by Gasteiger charge is 2.11. The lowest BCUT2D eigenvalue weighted by molar-refractivity contribution is 0.306. The van der Waals surface area contributed by atoms with Crippen LogP contribution in [0.5, 0.6) is 17.2 Å². The van der Waals surface area contributed by atoms with Crippen molar-refractivity contribution in [2.75, 3.05) is 12.4 Å². The van der Waals surface area contributed by atoms with E-state index >= 15 is 0 Å². The van der Waals surface area contributed by atoms with Crippen LogP contribution in [0.2, 0.25) is 5.02 Å². The predicted molar refractivity (Wildman–Crippen MR) is 113 cm³/mol. The molecule has 152 valence electrons. The number of anilines is 2. The van der Waals surface area contributed by atoms with E-state index in [4.69, 9.17) is 21.1 Å². The van der Waals surface area contributed by atoms with Gasteiger partial charge in [-0.1, -0.05) is 23.7 Å². The molecule has 1 aromatic heterocycles.